The van der Waals surface area contributed by atoms with E-state index in [0.29, 0.717) is 19.4 Å². The number of anilines is 2. The first-order chi connectivity index (χ1) is 17.0. The molecular formula is C23H24ClF3N2O7S. The summed E-state index contributed by atoms with van der Waals surface area (Å²) in [6, 6.07) is 7.96. The molecule has 0 fully saturated rings. The van der Waals surface area contributed by atoms with Crippen molar-refractivity contribution in [1.29, 1.82) is 0 Å². The van der Waals surface area contributed by atoms with Crippen LogP contribution in [0.3, 0.4) is 0 Å². The molecule has 3 rings (SSSR count). The number of halogens is 4. The monoisotopic (exact) mass is 564 g/mol. The molecule has 1 heterocycles. The highest BCUT2D eigenvalue weighted by molar-refractivity contribution is 7.92. The van der Waals surface area contributed by atoms with E-state index in [1.807, 2.05) is 0 Å². The molecular weight excluding hydrogens is 541 g/mol. The summed E-state index contributed by atoms with van der Waals surface area (Å²) >= 11 is 6.13. The molecule has 37 heavy (non-hydrogen) atoms. The SMILES string of the molecule is Cc1ccc(S(=O)(=O)N2C[C@H](CCC(=O)O)Oc3ccc(NC(=O)OC(C)(C)C(F)(F)F)cc32)cc1Cl. The lowest BCUT2D eigenvalue weighted by Gasteiger charge is -2.35. The number of carboxylic acid groups (broad SMARTS) is 1. The number of nitrogens with zero attached hydrogens (tertiary/aromatic N) is 1. The van der Waals surface area contributed by atoms with Crippen LogP contribution < -0.4 is 14.4 Å². The minimum atomic E-state index is -4.82. The number of aliphatic carboxylic acids is 1. The number of ether oxygens (including phenoxy) is 2. The normalized spacial score (nSPS) is 16.0. The second-order valence-corrected chi connectivity index (χ2v) is 11.1. The lowest BCUT2D eigenvalue weighted by Crippen LogP contribution is -2.44. The smallest absolute Gasteiger partial charge is 0.427 e. The van der Waals surface area contributed by atoms with Gasteiger partial charge < -0.3 is 14.6 Å². The van der Waals surface area contributed by atoms with Gasteiger partial charge in [0.15, 0.2) is 0 Å². The van der Waals surface area contributed by atoms with Gasteiger partial charge in [-0.1, -0.05) is 17.7 Å². The van der Waals surface area contributed by atoms with E-state index >= 15 is 0 Å². The number of aryl methyl sites for hydroxylation is 1. The van der Waals surface area contributed by atoms with Gasteiger partial charge >= 0.3 is 18.2 Å². The number of benzene rings is 2. The van der Waals surface area contributed by atoms with Crippen molar-refractivity contribution in [3.05, 3.63) is 47.0 Å². The van der Waals surface area contributed by atoms with Crippen LogP contribution in [-0.2, 0) is 19.6 Å². The average molecular weight is 565 g/mol. The van der Waals surface area contributed by atoms with Crippen molar-refractivity contribution in [3.8, 4) is 5.75 Å². The fraction of sp³-hybridized carbons (Fsp3) is 0.391. The standard InChI is InChI=1S/C23H24ClF3N2O7S/c1-13-4-7-16(11-17(13)24)37(33,34)29-12-15(6-9-20(30)31)35-19-8-5-14(10-18(19)29)28-21(32)36-22(2,3)23(25,26)27/h4-5,7-8,10-11,15H,6,9,12H2,1-3H3,(H,28,32)(H,30,31)/t15-/m0/s1. The molecule has 0 unspecified atom stereocenters. The summed E-state index contributed by atoms with van der Waals surface area (Å²) in [5.41, 5.74) is -2.20. The number of carbonyl (C=O) groups excluding carboxylic acids is 1. The summed E-state index contributed by atoms with van der Waals surface area (Å²) in [4.78, 5) is 23.0. The van der Waals surface area contributed by atoms with Crippen molar-refractivity contribution in [2.75, 3.05) is 16.2 Å². The maximum atomic E-state index is 13.6. The Balaban J connectivity index is 1.97. The van der Waals surface area contributed by atoms with Crippen LogP contribution in [0, 0.1) is 6.92 Å². The van der Waals surface area contributed by atoms with Crippen molar-refractivity contribution >= 4 is 45.1 Å². The van der Waals surface area contributed by atoms with E-state index < -0.39 is 40.0 Å². The van der Waals surface area contributed by atoms with Crippen molar-refractivity contribution in [1.82, 2.24) is 0 Å². The summed E-state index contributed by atoms with van der Waals surface area (Å²) in [5, 5.41) is 11.4. The molecule has 0 radical (unpaired) electrons. The largest absolute Gasteiger partial charge is 0.486 e. The first kappa shape index (κ1) is 28.4. The number of sulfonamides is 1. The molecule has 0 saturated carbocycles. The van der Waals surface area contributed by atoms with Gasteiger partial charge in [0.2, 0.25) is 5.60 Å². The first-order valence-electron chi connectivity index (χ1n) is 10.9. The van der Waals surface area contributed by atoms with Gasteiger partial charge in [0, 0.05) is 17.1 Å². The Labute approximate surface area is 216 Å². The quantitative estimate of drug-likeness (QED) is 0.464. The van der Waals surface area contributed by atoms with Crippen LogP contribution in [0.4, 0.5) is 29.3 Å². The molecule has 202 valence electrons. The number of amides is 1. The molecule has 0 aromatic heterocycles. The van der Waals surface area contributed by atoms with E-state index in [1.165, 1.54) is 36.4 Å². The summed E-state index contributed by atoms with van der Waals surface area (Å²) in [6.07, 6.45) is -7.30. The molecule has 2 aromatic rings. The van der Waals surface area contributed by atoms with Crippen LogP contribution in [-0.4, -0.2) is 50.0 Å². The zero-order chi connectivity index (χ0) is 27.8. The van der Waals surface area contributed by atoms with Crippen molar-refractivity contribution < 1.29 is 45.8 Å². The number of hydrogen-bond donors (Lipinski definition) is 2. The second kappa shape index (κ2) is 10.3. The van der Waals surface area contributed by atoms with E-state index in [2.05, 4.69) is 10.1 Å². The molecule has 0 saturated heterocycles. The number of carbonyl (C=O) groups is 2. The van der Waals surface area contributed by atoms with Gasteiger partial charge in [-0.2, -0.15) is 13.2 Å². The minimum Gasteiger partial charge on any atom is -0.486 e. The van der Waals surface area contributed by atoms with Crippen LogP contribution in [0.1, 0.15) is 32.3 Å². The van der Waals surface area contributed by atoms with Crippen LogP contribution in [0.25, 0.3) is 0 Å². The van der Waals surface area contributed by atoms with Crippen LogP contribution >= 0.6 is 11.6 Å². The highest BCUT2D eigenvalue weighted by atomic mass is 35.5. The number of rotatable bonds is 7. The number of nitrogens with one attached hydrogen (secondary N) is 1. The third kappa shape index (κ3) is 6.39. The maximum absolute atomic E-state index is 13.6. The molecule has 0 spiro atoms. The molecule has 1 atom stereocenters. The Kier molecular flexibility index (Phi) is 7.89. The van der Waals surface area contributed by atoms with Gasteiger partial charge in [-0.05, 0) is 63.1 Å². The predicted octanol–water partition coefficient (Wildman–Crippen LogP) is 5.36. The number of carboxylic acids is 1. The Bertz CT molecular complexity index is 1320. The second-order valence-electron chi connectivity index (χ2n) is 8.82. The topological polar surface area (TPSA) is 122 Å². The molecule has 14 heteroatoms. The van der Waals surface area contributed by atoms with Crippen molar-refractivity contribution in [3.63, 3.8) is 0 Å². The Morgan fingerprint density at radius 3 is 2.49 bits per heavy atom. The zero-order valence-electron chi connectivity index (χ0n) is 19.9. The first-order valence-corrected chi connectivity index (χ1v) is 12.7. The van der Waals surface area contributed by atoms with Gasteiger partial charge in [0.05, 0.1) is 17.1 Å². The van der Waals surface area contributed by atoms with Gasteiger partial charge in [0.25, 0.3) is 10.0 Å². The lowest BCUT2D eigenvalue weighted by atomic mass is 10.1. The fourth-order valence-electron chi connectivity index (χ4n) is 3.35. The predicted molar refractivity (Wildman–Crippen MR) is 129 cm³/mol. The number of fused-ring (bicyclic) bond motifs is 1. The Morgan fingerprint density at radius 1 is 1.22 bits per heavy atom. The molecule has 0 bridgehead atoms. The highest BCUT2D eigenvalue weighted by Crippen LogP contribution is 2.40. The third-order valence-electron chi connectivity index (χ3n) is 5.58. The Morgan fingerprint density at radius 2 is 1.89 bits per heavy atom. The van der Waals surface area contributed by atoms with Crippen LogP contribution in [0.5, 0.6) is 5.75 Å². The van der Waals surface area contributed by atoms with E-state index in [4.69, 9.17) is 21.4 Å². The average Bonchev–Trinajstić information content (AvgIpc) is 2.77. The van der Waals surface area contributed by atoms with Crippen LogP contribution in [0.2, 0.25) is 5.02 Å². The molecule has 2 aromatic carbocycles. The lowest BCUT2D eigenvalue weighted by molar-refractivity contribution is -0.242. The molecule has 1 aliphatic heterocycles. The van der Waals surface area contributed by atoms with Crippen molar-refractivity contribution in [2.45, 2.75) is 56.4 Å². The molecule has 2 N–H and O–H groups in total. The number of alkyl halides is 3. The van der Waals surface area contributed by atoms with E-state index in [1.54, 1.807) is 6.92 Å². The van der Waals surface area contributed by atoms with Gasteiger partial charge in [-0.25, -0.2) is 13.2 Å². The third-order valence-corrected chi connectivity index (χ3v) is 7.76. The molecule has 1 amide bonds. The van der Waals surface area contributed by atoms with Gasteiger partial charge in [-0.3, -0.25) is 14.4 Å². The summed E-state index contributed by atoms with van der Waals surface area (Å²) < 4.78 is 77.6. The van der Waals surface area contributed by atoms with Crippen LogP contribution in [0.15, 0.2) is 41.3 Å². The van der Waals surface area contributed by atoms with E-state index in [9.17, 15) is 31.2 Å². The molecule has 1 aliphatic rings. The molecule has 0 aliphatic carbocycles. The van der Waals surface area contributed by atoms with Crippen molar-refractivity contribution in [2.24, 2.45) is 0 Å². The van der Waals surface area contributed by atoms with E-state index in [0.717, 1.165) is 4.31 Å². The maximum Gasteiger partial charge on any atom is 0.427 e. The highest BCUT2D eigenvalue weighted by Gasteiger charge is 2.51. The molecule has 9 nitrogen and oxygen atoms in total. The van der Waals surface area contributed by atoms with Gasteiger partial charge in [-0.15, -0.1) is 0 Å². The summed E-state index contributed by atoms with van der Waals surface area (Å²) in [6.45, 7) is 2.81. The number of hydrogen-bond acceptors (Lipinski definition) is 6. The van der Waals surface area contributed by atoms with Gasteiger partial charge in [0.1, 0.15) is 11.9 Å². The fourth-order valence-corrected chi connectivity index (χ4v) is 5.12. The minimum absolute atomic E-state index is 0.00823. The Hall–Kier alpha value is -3.19. The summed E-state index contributed by atoms with van der Waals surface area (Å²) in [5.74, 6) is -1.02. The summed E-state index contributed by atoms with van der Waals surface area (Å²) in [7, 11) is -4.25. The zero-order valence-corrected chi connectivity index (χ0v) is 21.5. The van der Waals surface area contributed by atoms with E-state index in [-0.39, 0.29) is 46.4 Å².